The van der Waals surface area contributed by atoms with E-state index in [2.05, 4.69) is 0 Å². The maximum absolute atomic E-state index is 12.5. The highest BCUT2D eigenvalue weighted by Gasteiger charge is 2.60. The molecule has 0 aliphatic carbocycles. The summed E-state index contributed by atoms with van der Waals surface area (Å²) in [5, 5.41) is 0. The lowest BCUT2D eigenvalue weighted by molar-refractivity contribution is -0.289. The molecule has 9 heteroatoms. The van der Waals surface area contributed by atoms with E-state index < -0.39 is 24.3 Å². The maximum atomic E-state index is 12.5. The average molecular weight is 278 g/mol. The predicted molar refractivity (Wildman–Crippen MR) is 50.0 cm³/mol. The van der Waals surface area contributed by atoms with Gasteiger partial charge in [0.2, 0.25) is 0 Å². The van der Waals surface area contributed by atoms with Crippen molar-refractivity contribution in [1.29, 1.82) is 0 Å². The molecule has 0 fully saturated rings. The topological polar surface area (TPSA) is 47.3 Å². The number of nitrogens with one attached hydrogen (secondary N) is 1. The molecule has 0 saturated carbocycles. The number of nitrogens with two attached hydrogens (primary N) is 1. The predicted octanol–water partition coefficient (Wildman–Crippen LogP) is 2.25. The molecule has 0 aromatic carbocycles. The smallest absolute Gasteiger partial charge is 0.402 e. The maximum Gasteiger partial charge on any atom is 0.402 e. The van der Waals surface area contributed by atoms with Crippen LogP contribution in [0.25, 0.3) is 0 Å². The van der Waals surface area contributed by atoms with Crippen molar-refractivity contribution in [3.63, 3.8) is 0 Å². The number of alkyl halides is 6. The van der Waals surface area contributed by atoms with Crippen LogP contribution in [0.1, 0.15) is 12.8 Å². The lowest BCUT2D eigenvalue weighted by Gasteiger charge is -2.32. The number of halogens is 6. The van der Waals surface area contributed by atoms with Crippen LogP contribution < -0.4 is 11.3 Å². The van der Waals surface area contributed by atoms with Gasteiger partial charge in [0.15, 0.2) is 5.92 Å². The second kappa shape index (κ2) is 5.35. The third-order valence-electron chi connectivity index (χ3n) is 2.58. The van der Waals surface area contributed by atoms with Crippen molar-refractivity contribution in [3.05, 3.63) is 11.8 Å². The Bertz CT molecular complexity index is 297. The molecule has 0 bridgehead atoms. The molecule has 106 valence electrons. The Morgan fingerprint density at radius 3 is 2.06 bits per heavy atom. The second-order valence-electron chi connectivity index (χ2n) is 3.87. The molecule has 1 aliphatic rings. The summed E-state index contributed by atoms with van der Waals surface area (Å²) in [5.74, 6) is 1.30. The molecule has 1 rings (SSSR count). The van der Waals surface area contributed by atoms with Gasteiger partial charge in [-0.1, -0.05) is 0 Å². The van der Waals surface area contributed by atoms with E-state index in [1.165, 1.54) is 0 Å². The largest absolute Gasteiger partial charge is 0.501 e. The Kier molecular flexibility index (Phi) is 4.49. The lowest BCUT2D eigenvalue weighted by Crippen LogP contribution is -2.54. The molecule has 0 aromatic heterocycles. The molecule has 0 aromatic rings. The zero-order chi connectivity index (χ0) is 14.0. The van der Waals surface area contributed by atoms with Gasteiger partial charge in [-0.2, -0.15) is 26.3 Å². The molecule has 1 atom stereocenters. The summed E-state index contributed by atoms with van der Waals surface area (Å²) in [6.07, 6.45) is -9.52. The van der Waals surface area contributed by atoms with Crippen LogP contribution in [0.15, 0.2) is 11.8 Å². The molecule has 0 saturated heterocycles. The van der Waals surface area contributed by atoms with Crippen molar-refractivity contribution in [1.82, 2.24) is 5.43 Å². The number of ether oxygens (including phenoxy) is 1. The van der Waals surface area contributed by atoms with Gasteiger partial charge in [-0.05, 0) is 18.4 Å². The summed E-state index contributed by atoms with van der Waals surface area (Å²) in [7, 11) is 0. The zero-order valence-electron chi connectivity index (χ0n) is 9.11. The molecule has 1 unspecified atom stereocenters. The van der Waals surface area contributed by atoms with Crippen molar-refractivity contribution in [3.8, 4) is 0 Å². The van der Waals surface area contributed by atoms with Gasteiger partial charge in [-0.25, -0.2) is 0 Å². The third-order valence-corrected chi connectivity index (χ3v) is 2.58. The fourth-order valence-electron chi connectivity index (χ4n) is 1.79. The summed E-state index contributed by atoms with van der Waals surface area (Å²) < 4.78 is 79.9. The molecule has 1 aliphatic heterocycles. The first kappa shape index (κ1) is 15.1. The van der Waals surface area contributed by atoms with E-state index in [4.69, 9.17) is 10.6 Å². The van der Waals surface area contributed by atoms with Crippen molar-refractivity contribution < 1.29 is 31.1 Å². The highest BCUT2D eigenvalue weighted by atomic mass is 19.4. The molecular formula is C9H12F6N2O. The fraction of sp³-hybridized carbons (Fsp3) is 0.778. The Morgan fingerprint density at radius 1 is 1.17 bits per heavy atom. The molecule has 3 N–H and O–H groups in total. The summed E-state index contributed by atoms with van der Waals surface area (Å²) in [4.78, 5) is 0. The SMILES string of the molecule is NNC(C1=COCCC1)C(C(F)(F)F)C(F)(F)F. The van der Waals surface area contributed by atoms with Gasteiger partial charge >= 0.3 is 12.4 Å². The van der Waals surface area contributed by atoms with Gasteiger partial charge in [-0.3, -0.25) is 11.3 Å². The van der Waals surface area contributed by atoms with Crippen LogP contribution >= 0.6 is 0 Å². The van der Waals surface area contributed by atoms with Crippen LogP contribution in [0, 0.1) is 5.92 Å². The third kappa shape index (κ3) is 3.52. The minimum absolute atomic E-state index is 0.0809. The van der Waals surface area contributed by atoms with E-state index in [1.807, 2.05) is 0 Å². The van der Waals surface area contributed by atoms with Gasteiger partial charge in [0.1, 0.15) is 0 Å². The Labute approximate surface area is 98.9 Å². The fourth-order valence-corrected chi connectivity index (χ4v) is 1.79. The van der Waals surface area contributed by atoms with Gasteiger partial charge in [0.25, 0.3) is 0 Å². The van der Waals surface area contributed by atoms with Gasteiger partial charge in [-0.15, -0.1) is 0 Å². The highest BCUT2D eigenvalue weighted by Crippen LogP contribution is 2.43. The van der Waals surface area contributed by atoms with Crippen molar-refractivity contribution in [2.45, 2.75) is 31.2 Å². The van der Waals surface area contributed by atoms with Gasteiger partial charge in [0, 0.05) is 0 Å². The van der Waals surface area contributed by atoms with Crippen molar-refractivity contribution in [2.24, 2.45) is 11.8 Å². The molecular weight excluding hydrogens is 266 g/mol. The van der Waals surface area contributed by atoms with Crippen molar-refractivity contribution >= 4 is 0 Å². The molecule has 3 nitrogen and oxygen atoms in total. The van der Waals surface area contributed by atoms with E-state index in [9.17, 15) is 26.3 Å². The summed E-state index contributed by atoms with van der Waals surface area (Å²) in [6, 6.07) is -2.06. The number of hydrazine groups is 1. The second-order valence-corrected chi connectivity index (χ2v) is 3.87. The van der Waals surface area contributed by atoms with E-state index in [-0.39, 0.29) is 18.6 Å². The summed E-state index contributed by atoms with van der Waals surface area (Å²) in [5.41, 5.74) is 1.46. The minimum Gasteiger partial charge on any atom is -0.501 e. The van der Waals surface area contributed by atoms with Crippen LogP contribution in [-0.4, -0.2) is 25.0 Å². The van der Waals surface area contributed by atoms with E-state index in [1.54, 1.807) is 5.43 Å². The Morgan fingerprint density at radius 2 is 1.72 bits per heavy atom. The van der Waals surface area contributed by atoms with E-state index in [0.29, 0.717) is 6.42 Å². The minimum atomic E-state index is -5.44. The zero-order valence-corrected chi connectivity index (χ0v) is 9.11. The monoisotopic (exact) mass is 278 g/mol. The lowest BCUT2D eigenvalue weighted by atomic mass is 9.89. The van der Waals surface area contributed by atoms with Crippen LogP contribution in [0.5, 0.6) is 0 Å². The number of rotatable bonds is 3. The molecule has 0 radical (unpaired) electrons. The first-order valence-electron chi connectivity index (χ1n) is 5.08. The van der Waals surface area contributed by atoms with Crippen LogP contribution in [-0.2, 0) is 4.74 Å². The molecule has 0 amide bonds. The summed E-state index contributed by atoms with van der Waals surface area (Å²) >= 11 is 0. The normalized spacial score (nSPS) is 19.4. The number of hydrogen-bond donors (Lipinski definition) is 2. The quantitative estimate of drug-likeness (QED) is 0.473. The average Bonchev–Trinajstić information content (AvgIpc) is 2.23. The van der Waals surface area contributed by atoms with Crippen LogP contribution in [0.2, 0.25) is 0 Å². The first-order chi connectivity index (χ1) is 8.18. The Hall–Kier alpha value is -0.960. The van der Waals surface area contributed by atoms with E-state index in [0.717, 1.165) is 6.26 Å². The van der Waals surface area contributed by atoms with Crippen LogP contribution in [0.4, 0.5) is 26.3 Å². The number of hydrogen-bond acceptors (Lipinski definition) is 3. The van der Waals surface area contributed by atoms with Gasteiger partial charge < -0.3 is 4.74 Å². The van der Waals surface area contributed by atoms with Crippen LogP contribution in [0.3, 0.4) is 0 Å². The molecule has 18 heavy (non-hydrogen) atoms. The highest BCUT2D eigenvalue weighted by molar-refractivity contribution is 5.13. The summed E-state index contributed by atoms with van der Waals surface area (Å²) in [6.45, 7) is 0.267. The standard InChI is InChI=1S/C9H12F6N2O/c10-8(11,12)7(9(13,14)15)6(17-16)5-2-1-3-18-4-5/h4,6-7,17H,1-3,16H2. The first-order valence-corrected chi connectivity index (χ1v) is 5.08. The molecule has 0 spiro atoms. The molecule has 1 heterocycles. The van der Waals surface area contributed by atoms with Crippen molar-refractivity contribution in [2.75, 3.05) is 6.61 Å². The van der Waals surface area contributed by atoms with E-state index >= 15 is 0 Å². The Balaban J connectivity index is 3.05. The van der Waals surface area contributed by atoms with Gasteiger partial charge in [0.05, 0.1) is 18.9 Å².